The lowest BCUT2D eigenvalue weighted by atomic mass is 9.99. The van der Waals surface area contributed by atoms with Crippen LogP contribution in [0.4, 0.5) is 10.3 Å². The van der Waals surface area contributed by atoms with E-state index >= 15 is 0 Å². The van der Waals surface area contributed by atoms with Crippen molar-refractivity contribution in [2.24, 2.45) is 0 Å². The van der Waals surface area contributed by atoms with E-state index in [2.05, 4.69) is 15.0 Å². The van der Waals surface area contributed by atoms with Crippen LogP contribution in [0.3, 0.4) is 0 Å². The van der Waals surface area contributed by atoms with Crippen molar-refractivity contribution in [2.45, 2.75) is 24.1 Å². The van der Waals surface area contributed by atoms with Crippen LogP contribution in [0.2, 0.25) is 0 Å². The predicted octanol–water partition coefficient (Wildman–Crippen LogP) is -1.10. The summed E-state index contributed by atoms with van der Waals surface area (Å²) in [6.07, 6.45) is -3.74. The minimum atomic E-state index is -1.90. The highest BCUT2D eigenvalue weighted by atomic mass is 35.5. The Hall–Kier alpha value is -1.75. The number of aromatic amines is 1. The Morgan fingerprint density at radius 1 is 1.64 bits per heavy atom. The maximum Gasteiger partial charge on any atom is 0.280 e. The van der Waals surface area contributed by atoms with Gasteiger partial charge in [0.25, 0.3) is 5.56 Å². The van der Waals surface area contributed by atoms with Crippen LogP contribution in [0.15, 0.2) is 11.1 Å². The summed E-state index contributed by atoms with van der Waals surface area (Å²) in [5.41, 5.74) is 3.19. The maximum atomic E-state index is 14.4. The van der Waals surface area contributed by atoms with Crippen LogP contribution in [0, 0.1) is 0 Å². The van der Waals surface area contributed by atoms with Gasteiger partial charge in [0.2, 0.25) is 5.95 Å². The number of aliphatic hydroxyl groups is 2. The molecule has 0 saturated carbocycles. The lowest BCUT2D eigenvalue weighted by Crippen LogP contribution is -2.47. The zero-order chi connectivity index (χ0) is 16.1. The van der Waals surface area contributed by atoms with Crippen LogP contribution >= 0.6 is 11.6 Å². The zero-order valence-electron chi connectivity index (χ0n) is 11.1. The van der Waals surface area contributed by atoms with E-state index in [0.717, 1.165) is 10.9 Å². The van der Waals surface area contributed by atoms with E-state index in [1.807, 2.05) is 0 Å². The number of rotatable bonds is 3. The molecule has 2 aromatic rings. The Kier molecular flexibility index (Phi) is 3.56. The van der Waals surface area contributed by atoms with Crippen molar-refractivity contribution >= 4 is 28.7 Å². The highest BCUT2D eigenvalue weighted by Gasteiger charge is 2.55. The third-order valence-corrected chi connectivity index (χ3v) is 4.14. The Morgan fingerprint density at radius 2 is 2.36 bits per heavy atom. The zero-order valence-corrected chi connectivity index (χ0v) is 11.9. The van der Waals surface area contributed by atoms with Crippen LogP contribution in [0.1, 0.15) is 6.23 Å². The molecule has 1 fully saturated rings. The summed E-state index contributed by atoms with van der Waals surface area (Å²) in [6.45, 7) is -0.669. The highest BCUT2D eigenvalue weighted by molar-refractivity contribution is 6.18. The number of anilines is 1. The van der Waals surface area contributed by atoms with Gasteiger partial charge in [0.1, 0.15) is 11.7 Å². The largest absolute Gasteiger partial charge is 0.393 e. The Balaban J connectivity index is 2.11. The molecule has 3 heterocycles. The van der Waals surface area contributed by atoms with Crippen molar-refractivity contribution in [2.75, 3.05) is 18.2 Å². The molecule has 4 atom stereocenters. The third-order valence-electron chi connectivity index (χ3n) is 3.69. The molecule has 11 heteroatoms. The Bertz CT molecular complexity index is 761. The highest BCUT2D eigenvalue weighted by Crippen LogP contribution is 2.40. The molecule has 0 aromatic carbocycles. The molecule has 0 bridgehead atoms. The lowest BCUT2D eigenvalue weighted by molar-refractivity contribution is -0.113. The molecular weight excluding hydrogens is 321 g/mol. The van der Waals surface area contributed by atoms with Crippen LogP contribution in [-0.2, 0) is 4.74 Å². The number of nitrogens with two attached hydrogens (primary N) is 1. The van der Waals surface area contributed by atoms with Gasteiger partial charge in [-0.1, -0.05) is 0 Å². The van der Waals surface area contributed by atoms with Crippen molar-refractivity contribution < 1.29 is 19.3 Å². The molecule has 0 radical (unpaired) electrons. The van der Waals surface area contributed by atoms with Crippen LogP contribution in [0.5, 0.6) is 0 Å². The molecule has 1 saturated heterocycles. The summed E-state index contributed by atoms with van der Waals surface area (Å²) in [5.74, 6) is -0.483. The minimum absolute atomic E-state index is 0.00409. The van der Waals surface area contributed by atoms with E-state index in [1.165, 1.54) is 0 Å². The minimum Gasteiger partial charge on any atom is -0.393 e. The number of nitrogens with zero attached hydrogens (tertiary/aromatic N) is 3. The molecule has 1 aliphatic heterocycles. The maximum absolute atomic E-state index is 14.4. The van der Waals surface area contributed by atoms with E-state index in [1.54, 1.807) is 0 Å². The first-order chi connectivity index (χ1) is 10.4. The summed E-state index contributed by atoms with van der Waals surface area (Å²) in [7, 11) is 0. The second kappa shape index (κ2) is 5.16. The van der Waals surface area contributed by atoms with E-state index in [4.69, 9.17) is 22.1 Å². The number of halogens is 2. The average Bonchev–Trinajstić information content (AvgIpc) is 3.01. The van der Waals surface area contributed by atoms with Crippen molar-refractivity contribution in [1.82, 2.24) is 19.5 Å². The van der Waals surface area contributed by atoms with Gasteiger partial charge in [-0.3, -0.25) is 14.3 Å². The van der Waals surface area contributed by atoms with Gasteiger partial charge in [0, 0.05) is 0 Å². The van der Waals surface area contributed by atoms with Gasteiger partial charge >= 0.3 is 0 Å². The number of hydrogen-bond donors (Lipinski definition) is 4. The molecule has 9 nitrogen and oxygen atoms in total. The second-order valence-electron chi connectivity index (χ2n) is 5.03. The first-order valence-corrected chi connectivity index (χ1v) is 6.86. The van der Waals surface area contributed by atoms with E-state index in [9.17, 15) is 19.4 Å². The monoisotopic (exact) mass is 333 g/mol. The standard InChI is InChI=1S/C11H13ClFN5O4/c12-1-11(2-19)6(20)4(13)9(22-11)18-3-15-5-7(18)16-10(14)17-8(5)21/h3-4,6,9,19-20H,1-2H2,(H3,14,16,17,21)/t4-,6+,9-,11-/m1/s1. The Labute approximate surface area is 127 Å². The molecule has 0 aliphatic carbocycles. The van der Waals surface area contributed by atoms with Gasteiger partial charge in [-0.2, -0.15) is 4.98 Å². The molecule has 120 valence electrons. The number of H-pyrrole nitrogens is 1. The summed E-state index contributed by atoms with van der Waals surface area (Å²) >= 11 is 5.69. The van der Waals surface area contributed by atoms with E-state index in [0.29, 0.717) is 0 Å². The molecule has 5 N–H and O–H groups in total. The van der Waals surface area contributed by atoms with Crippen LogP contribution in [-0.4, -0.2) is 60.1 Å². The molecule has 2 aromatic heterocycles. The molecule has 1 aliphatic rings. The van der Waals surface area contributed by atoms with Gasteiger partial charge in [-0.05, 0) is 0 Å². The summed E-state index contributed by atoms with van der Waals surface area (Å²) in [5, 5.41) is 19.3. The number of alkyl halides is 2. The second-order valence-corrected chi connectivity index (χ2v) is 5.30. The van der Waals surface area contributed by atoms with Gasteiger partial charge in [-0.25, -0.2) is 9.37 Å². The summed E-state index contributed by atoms with van der Waals surface area (Å²) in [6, 6.07) is 0. The van der Waals surface area contributed by atoms with Crippen molar-refractivity contribution in [3.05, 3.63) is 16.7 Å². The summed E-state index contributed by atoms with van der Waals surface area (Å²) in [4.78, 5) is 21.7. The average molecular weight is 334 g/mol. The van der Waals surface area contributed by atoms with Crippen molar-refractivity contribution in [3.8, 4) is 0 Å². The smallest absolute Gasteiger partial charge is 0.280 e. The number of hydrogen-bond acceptors (Lipinski definition) is 7. The molecule has 0 unspecified atom stereocenters. The fraction of sp³-hybridized carbons (Fsp3) is 0.545. The number of nitrogen functional groups attached to an aromatic ring is 1. The van der Waals surface area contributed by atoms with E-state index < -0.39 is 36.3 Å². The first kappa shape index (κ1) is 15.2. The number of ether oxygens (including phenoxy) is 1. The predicted molar refractivity (Wildman–Crippen MR) is 74.1 cm³/mol. The topological polar surface area (TPSA) is 139 Å². The lowest BCUT2D eigenvalue weighted by Gasteiger charge is -2.26. The number of aliphatic hydroxyl groups excluding tert-OH is 2. The molecule has 22 heavy (non-hydrogen) atoms. The van der Waals surface area contributed by atoms with Crippen molar-refractivity contribution in [3.63, 3.8) is 0 Å². The van der Waals surface area contributed by atoms with Crippen LogP contribution in [0.25, 0.3) is 11.2 Å². The number of fused-ring (bicyclic) bond motifs is 1. The fourth-order valence-electron chi connectivity index (χ4n) is 2.44. The van der Waals surface area contributed by atoms with E-state index in [-0.39, 0.29) is 23.0 Å². The van der Waals surface area contributed by atoms with Gasteiger partial charge in [0.05, 0.1) is 18.8 Å². The van der Waals surface area contributed by atoms with Crippen molar-refractivity contribution in [1.29, 1.82) is 0 Å². The molecular formula is C11H13ClFN5O4. The normalized spacial score (nSPS) is 31.9. The Morgan fingerprint density at radius 3 is 2.95 bits per heavy atom. The fourth-order valence-corrected chi connectivity index (χ4v) is 2.75. The molecule has 3 rings (SSSR count). The number of aromatic nitrogens is 4. The van der Waals surface area contributed by atoms with Gasteiger partial charge in [-0.15, -0.1) is 11.6 Å². The molecule has 0 amide bonds. The SMILES string of the molecule is Nc1nc2c(ncn2[C@@H]2O[C@@](CO)(CCl)[C@@H](O)[C@H]2F)c(=O)[nH]1. The number of imidazole rings is 1. The summed E-state index contributed by atoms with van der Waals surface area (Å²) < 4.78 is 21.0. The first-order valence-electron chi connectivity index (χ1n) is 6.32. The number of nitrogens with one attached hydrogen (secondary N) is 1. The third kappa shape index (κ3) is 1.99. The molecule has 0 spiro atoms. The van der Waals surface area contributed by atoms with Gasteiger partial charge in [0.15, 0.2) is 23.6 Å². The quantitative estimate of drug-likeness (QED) is 0.523. The van der Waals surface area contributed by atoms with Gasteiger partial charge < -0.3 is 20.7 Å². The van der Waals surface area contributed by atoms with Crippen LogP contribution < -0.4 is 11.3 Å².